The van der Waals surface area contributed by atoms with Gasteiger partial charge in [-0.1, -0.05) is 13.8 Å². The van der Waals surface area contributed by atoms with Crippen LogP contribution in [0.5, 0.6) is 0 Å². The van der Waals surface area contributed by atoms with Crippen molar-refractivity contribution >= 4 is 11.9 Å². The monoisotopic (exact) mass is 307 g/mol. The van der Waals surface area contributed by atoms with Crippen molar-refractivity contribution in [2.75, 3.05) is 19.6 Å². The number of hydrogen-bond acceptors (Lipinski definition) is 3. The highest BCUT2D eigenvalue weighted by atomic mass is 16.3. The zero-order valence-electron chi connectivity index (χ0n) is 13.5. The number of aryl methyl sites for hydroxylation is 1. The molecule has 1 heterocycles. The Labute approximate surface area is 131 Å². The first kappa shape index (κ1) is 16.4. The Bertz CT molecular complexity index is 536. The first-order chi connectivity index (χ1) is 10.4. The van der Waals surface area contributed by atoms with Gasteiger partial charge in [0, 0.05) is 25.2 Å². The van der Waals surface area contributed by atoms with E-state index in [1.807, 2.05) is 6.92 Å². The average Bonchev–Trinajstić information content (AvgIpc) is 2.85. The Balaban J connectivity index is 1.51. The van der Waals surface area contributed by atoms with Gasteiger partial charge in [-0.25, -0.2) is 4.79 Å². The molecule has 122 valence electrons. The molecule has 0 saturated heterocycles. The van der Waals surface area contributed by atoms with E-state index in [1.54, 1.807) is 6.07 Å². The highest BCUT2D eigenvalue weighted by molar-refractivity contribution is 5.92. The fourth-order valence-corrected chi connectivity index (χ4v) is 2.38. The summed E-state index contributed by atoms with van der Waals surface area (Å²) in [6.07, 6.45) is 3.34. The molecule has 0 unspecified atom stereocenters. The van der Waals surface area contributed by atoms with Crippen molar-refractivity contribution in [3.63, 3.8) is 0 Å². The highest BCUT2D eigenvalue weighted by Crippen LogP contribution is 2.50. The molecule has 1 aromatic rings. The molecule has 0 spiro atoms. The summed E-state index contributed by atoms with van der Waals surface area (Å²) in [5, 5.41) is 8.43. The molecular formula is C16H25N3O3. The fourth-order valence-electron chi connectivity index (χ4n) is 2.38. The van der Waals surface area contributed by atoms with E-state index >= 15 is 0 Å². The largest absolute Gasteiger partial charge is 0.459 e. The molecular weight excluding hydrogens is 282 g/mol. The van der Waals surface area contributed by atoms with Crippen molar-refractivity contribution in [1.82, 2.24) is 16.0 Å². The molecule has 22 heavy (non-hydrogen) atoms. The summed E-state index contributed by atoms with van der Waals surface area (Å²) in [4.78, 5) is 23.4. The topological polar surface area (TPSA) is 83.4 Å². The predicted molar refractivity (Wildman–Crippen MR) is 83.7 cm³/mol. The first-order valence-corrected chi connectivity index (χ1v) is 7.74. The maximum atomic E-state index is 11.8. The van der Waals surface area contributed by atoms with Gasteiger partial charge in [0.25, 0.3) is 5.91 Å². The molecule has 1 atom stereocenters. The van der Waals surface area contributed by atoms with Gasteiger partial charge in [-0.2, -0.15) is 0 Å². The number of urea groups is 1. The van der Waals surface area contributed by atoms with Gasteiger partial charge in [0.1, 0.15) is 0 Å². The third-order valence-electron chi connectivity index (χ3n) is 4.22. The van der Waals surface area contributed by atoms with Crippen molar-refractivity contribution in [3.05, 3.63) is 23.7 Å². The van der Waals surface area contributed by atoms with E-state index in [9.17, 15) is 9.59 Å². The van der Waals surface area contributed by atoms with Crippen LogP contribution in [0.1, 0.15) is 42.8 Å². The SMILES string of the molecule is Cc1ccoc1C(=O)NCCCNC(=O)NC[C@@H]1CC1(C)C. The number of nitrogens with one attached hydrogen (secondary N) is 3. The molecule has 6 nitrogen and oxygen atoms in total. The van der Waals surface area contributed by atoms with E-state index in [-0.39, 0.29) is 11.9 Å². The third-order valence-corrected chi connectivity index (χ3v) is 4.22. The molecule has 3 amide bonds. The number of furan rings is 1. The Morgan fingerprint density at radius 1 is 1.27 bits per heavy atom. The lowest BCUT2D eigenvalue weighted by Gasteiger charge is -2.09. The minimum absolute atomic E-state index is 0.143. The summed E-state index contributed by atoms with van der Waals surface area (Å²) < 4.78 is 5.11. The molecule has 3 N–H and O–H groups in total. The molecule has 1 saturated carbocycles. The molecule has 0 bridgehead atoms. The molecule has 6 heteroatoms. The van der Waals surface area contributed by atoms with Gasteiger partial charge in [-0.15, -0.1) is 0 Å². The van der Waals surface area contributed by atoms with Gasteiger partial charge in [0.2, 0.25) is 0 Å². The van der Waals surface area contributed by atoms with E-state index in [4.69, 9.17) is 4.42 Å². The Morgan fingerprint density at radius 3 is 2.55 bits per heavy atom. The minimum atomic E-state index is -0.220. The average molecular weight is 307 g/mol. The summed E-state index contributed by atoms with van der Waals surface area (Å²) in [6.45, 7) is 7.99. The zero-order valence-corrected chi connectivity index (χ0v) is 13.5. The summed E-state index contributed by atoms with van der Waals surface area (Å²) in [5.41, 5.74) is 1.19. The maximum absolute atomic E-state index is 11.8. The van der Waals surface area contributed by atoms with Crippen LogP contribution in [0.15, 0.2) is 16.7 Å². The van der Waals surface area contributed by atoms with Crippen LogP contribution in [0.3, 0.4) is 0 Å². The highest BCUT2D eigenvalue weighted by Gasteiger charge is 2.45. The van der Waals surface area contributed by atoms with Crippen LogP contribution in [0, 0.1) is 18.3 Å². The standard InChI is InChI=1S/C16H25N3O3/c1-11-5-8-22-13(11)14(20)17-6-4-7-18-15(21)19-10-12-9-16(12,2)3/h5,8,12H,4,6-7,9-10H2,1-3H3,(H,17,20)(H2,18,19,21)/t12-/m0/s1. The van der Waals surface area contributed by atoms with Crippen LogP contribution >= 0.6 is 0 Å². The van der Waals surface area contributed by atoms with Crippen LogP contribution in [-0.2, 0) is 0 Å². The summed E-state index contributed by atoms with van der Waals surface area (Å²) >= 11 is 0. The Kier molecular flexibility index (Phi) is 5.11. The van der Waals surface area contributed by atoms with E-state index in [0.717, 1.165) is 12.1 Å². The van der Waals surface area contributed by atoms with Crippen LogP contribution in [0.2, 0.25) is 0 Å². The van der Waals surface area contributed by atoms with Crippen LogP contribution in [-0.4, -0.2) is 31.6 Å². The second-order valence-corrected chi connectivity index (χ2v) is 6.57. The smallest absolute Gasteiger partial charge is 0.314 e. The number of carbonyl (C=O) groups excluding carboxylic acids is 2. The molecule has 1 fully saturated rings. The number of rotatable bonds is 7. The van der Waals surface area contributed by atoms with Crippen LogP contribution < -0.4 is 16.0 Å². The summed E-state index contributed by atoms with van der Waals surface area (Å²) in [5.74, 6) is 0.717. The second-order valence-electron chi connectivity index (χ2n) is 6.57. The molecule has 1 aromatic heterocycles. The lowest BCUT2D eigenvalue weighted by atomic mass is 10.1. The molecule has 0 aliphatic heterocycles. The second kappa shape index (κ2) is 6.85. The van der Waals surface area contributed by atoms with E-state index in [2.05, 4.69) is 29.8 Å². The van der Waals surface area contributed by atoms with Crippen molar-refractivity contribution in [1.29, 1.82) is 0 Å². The van der Waals surface area contributed by atoms with Crippen molar-refractivity contribution in [2.45, 2.75) is 33.6 Å². The van der Waals surface area contributed by atoms with E-state index in [0.29, 0.717) is 36.6 Å². The fraction of sp³-hybridized carbons (Fsp3) is 0.625. The van der Waals surface area contributed by atoms with Crippen LogP contribution in [0.25, 0.3) is 0 Å². The van der Waals surface area contributed by atoms with Crippen LogP contribution in [0.4, 0.5) is 4.79 Å². The number of carbonyl (C=O) groups is 2. The van der Waals surface area contributed by atoms with Crippen molar-refractivity contribution in [2.24, 2.45) is 11.3 Å². The van der Waals surface area contributed by atoms with Gasteiger partial charge < -0.3 is 20.4 Å². The Hall–Kier alpha value is -1.98. The molecule has 1 aliphatic rings. The maximum Gasteiger partial charge on any atom is 0.314 e. The van der Waals surface area contributed by atoms with E-state index in [1.165, 1.54) is 12.7 Å². The van der Waals surface area contributed by atoms with Gasteiger partial charge >= 0.3 is 6.03 Å². The van der Waals surface area contributed by atoms with E-state index < -0.39 is 0 Å². The number of amides is 3. The van der Waals surface area contributed by atoms with Crippen molar-refractivity contribution in [3.8, 4) is 0 Å². The third kappa shape index (κ3) is 4.51. The summed E-state index contributed by atoms with van der Waals surface area (Å²) in [7, 11) is 0. The number of hydrogen-bond donors (Lipinski definition) is 3. The Morgan fingerprint density at radius 2 is 1.95 bits per heavy atom. The zero-order chi connectivity index (χ0) is 16.2. The lowest BCUT2D eigenvalue weighted by Crippen LogP contribution is -2.38. The quantitative estimate of drug-likeness (QED) is 0.674. The van der Waals surface area contributed by atoms with Gasteiger partial charge in [0.15, 0.2) is 5.76 Å². The van der Waals surface area contributed by atoms with Gasteiger partial charge in [-0.05, 0) is 37.2 Å². The molecule has 1 aliphatic carbocycles. The van der Waals surface area contributed by atoms with Crippen molar-refractivity contribution < 1.29 is 14.0 Å². The molecule has 0 aromatic carbocycles. The normalized spacial score (nSPS) is 18.6. The molecule has 0 radical (unpaired) electrons. The summed E-state index contributed by atoms with van der Waals surface area (Å²) in [6, 6.07) is 1.61. The predicted octanol–water partition coefficient (Wildman–Crippen LogP) is 2.05. The minimum Gasteiger partial charge on any atom is -0.459 e. The first-order valence-electron chi connectivity index (χ1n) is 7.74. The van der Waals surface area contributed by atoms with Gasteiger partial charge in [0.05, 0.1) is 6.26 Å². The lowest BCUT2D eigenvalue weighted by molar-refractivity contribution is 0.0925. The van der Waals surface area contributed by atoms with Gasteiger partial charge in [-0.3, -0.25) is 4.79 Å². The molecule has 2 rings (SSSR count).